The molecular formula is C19H31ClO8S2. The molecule has 0 amide bonds. The van der Waals surface area contributed by atoms with Gasteiger partial charge in [0.25, 0.3) is 0 Å². The normalized spacial score (nSPS) is 11.6. The van der Waals surface area contributed by atoms with E-state index >= 15 is 0 Å². The van der Waals surface area contributed by atoms with Gasteiger partial charge in [-0.1, -0.05) is 37.3 Å². The fraction of sp³-hybridized carbons (Fsp3) is 0.789. The Balaban J connectivity index is 3.96. The molecule has 0 saturated carbocycles. The number of alkyl halides is 1. The molecule has 0 N–H and O–H groups in total. The van der Waals surface area contributed by atoms with Gasteiger partial charge in [0.05, 0.1) is 0 Å². The highest BCUT2D eigenvalue weighted by atomic mass is 35.5. The van der Waals surface area contributed by atoms with Crippen LogP contribution in [0, 0.1) is 0 Å². The lowest BCUT2D eigenvalue weighted by Crippen LogP contribution is -2.29. The standard InChI is InChI=1S/C19H31ClO8S2/c1-14(20)27-16(21)10-8-6-4-5-7-9-11-17(22)28-15(12-25-18(23)29-2)13-26-19(24)30-3/h14-15H,4-13H2,1-3H3. The van der Waals surface area contributed by atoms with E-state index in [4.69, 9.17) is 30.5 Å². The SMILES string of the molecule is CSC(=O)OCC(COC(=O)SC)OC(=O)CCCCCCCCC(=O)OC(C)Cl. The van der Waals surface area contributed by atoms with Crippen molar-refractivity contribution < 1.29 is 38.1 Å². The molecule has 0 radical (unpaired) electrons. The maximum atomic E-state index is 12.0. The summed E-state index contributed by atoms with van der Waals surface area (Å²) >= 11 is 7.37. The molecule has 0 aromatic rings. The van der Waals surface area contributed by atoms with Crippen molar-refractivity contribution in [1.29, 1.82) is 0 Å². The van der Waals surface area contributed by atoms with Crippen molar-refractivity contribution in [2.45, 2.75) is 70.0 Å². The van der Waals surface area contributed by atoms with Gasteiger partial charge in [-0.15, -0.1) is 0 Å². The number of halogens is 1. The predicted octanol–water partition coefficient (Wildman–Crippen LogP) is 5.15. The molecule has 1 unspecified atom stereocenters. The lowest BCUT2D eigenvalue weighted by molar-refractivity contribution is -0.153. The molecule has 0 fully saturated rings. The first-order valence-electron chi connectivity index (χ1n) is 9.73. The molecule has 0 aliphatic heterocycles. The van der Waals surface area contributed by atoms with Crippen LogP contribution < -0.4 is 0 Å². The van der Waals surface area contributed by atoms with Gasteiger partial charge in [0.2, 0.25) is 0 Å². The van der Waals surface area contributed by atoms with Crippen LogP contribution in [0.2, 0.25) is 0 Å². The van der Waals surface area contributed by atoms with Gasteiger partial charge in [-0.2, -0.15) is 0 Å². The zero-order valence-electron chi connectivity index (χ0n) is 17.7. The van der Waals surface area contributed by atoms with Crippen molar-refractivity contribution in [2.75, 3.05) is 25.7 Å². The van der Waals surface area contributed by atoms with Crippen LogP contribution in [-0.2, 0) is 28.5 Å². The van der Waals surface area contributed by atoms with E-state index < -0.39 is 28.2 Å². The fourth-order valence-electron chi connectivity index (χ4n) is 2.29. The Morgan fingerprint density at radius 2 is 1.13 bits per heavy atom. The summed E-state index contributed by atoms with van der Waals surface area (Å²) in [4.78, 5) is 45.9. The first kappa shape index (κ1) is 28.9. The van der Waals surface area contributed by atoms with E-state index in [1.54, 1.807) is 19.4 Å². The lowest BCUT2D eigenvalue weighted by atomic mass is 10.1. The van der Waals surface area contributed by atoms with Gasteiger partial charge in [-0.3, -0.25) is 9.59 Å². The molecule has 0 aromatic carbocycles. The molecule has 0 aromatic heterocycles. The van der Waals surface area contributed by atoms with Crippen LogP contribution in [0.5, 0.6) is 0 Å². The maximum absolute atomic E-state index is 12.0. The summed E-state index contributed by atoms with van der Waals surface area (Å²) in [7, 11) is 0. The Labute approximate surface area is 191 Å². The summed E-state index contributed by atoms with van der Waals surface area (Å²) in [6.07, 6.45) is 7.95. The van der Waals surface area contributed by atoms with Crippen molar-refractivity contribution in [3.05, 3.63) is 0 Å². The highest BCUT2D eigenvalue weighted by Gasteiger charge is 2.19. The minimum Gasteiger partial charge on any atom is -0.455 e. The molecule has 0 saturated heterocycles. The first-order chi connectivity index (χ1) is 14.3. The Kier molecular flexibility index (Phi) is 17.9. The van der Waals surface area contributed by atoms with E-state index in [9.17, 15) is 19.2 Å². The third-order valence-electron chi connectivity index (χ3n) is 3.71. The third-order valence-corrected chi connectivity index (χ3v) is 4.70. The van der Waals surface area contributed by atoms with Crippen molar-refractivity contribution in [3.8, 4) is 0 Å². The topological polar surface area (TPSA) is 105 Å². The van der Waals surface area contributed by atoms with Gasteiger partial charge in [0.15, 0.2) is 11.7 Å². The molecule has 30 heavy (non-hydrogen) atoms. The van der Waals surface area contributed by atoms with Crippen LogP contribution in [0.3, 0.4) is 0 Å². The number of carbonyl (C=O) groups is 4. The molecular weight excluding hydrogens is 456 g/mol. The predicted molar refractivity (Wildman–Crippen MR) is 118 cm³/mol. The lowest BCUT2D eigenvalue weighted by Gasteiger charge is -2.17. The Hall–Kier alpha value is -1.13. The smallest absolute Gasteiger partial charge is 0.367 e. The van der Waals surface area contributed by atoms with Crippen LogP contribution in [0.4, 0.5) is 9.59 Å². The van der Waals surface area contributed by atoms with Crippen LogP contribution in [0.1, 0.15) is 58.3 Å². The molecule has 0 aliphatic rings. The molecule has 11 heteroatoms. The summed E-state index contributed by atoms with van der Waals surface area (Å²) in [5.74, 6) is -0.723. The molecule has 1 atom stereocenters. The van der Waals surface area contributed by atoms with Gasteiger partial charge in [-0.25, -0.2) is 9.59 Å². The van der Waals surface area contributed by atoms with Crippen LogP contribution >= 0.6 is 35.1 Å². The average molecular weight is 487 g/mol. The Morgan fingerprint density at radius 3 is 1.53 bits per heavy atom. The van der Waals surface area contributed by atoms with E-state index in [0.29, 0.717) is 12.8 Å². The second-order valence-electron chi connectivity index (χ2n) is 6.30. The largest absolute Gasteiger partial charge is 0.455 e. The number of ether oxygens (including phenoxy) is 4. The van der Waals surface area contributed by atoms with Gasteiger partial charge in [-0.05, 0) is 55.8 Å². The number of carbonyl (C=O) groups excluding carboxylic acids is 4. The number of rotatable bonds is 15. The van der Waals surface area contributed by atoms with Crippen molar-refractivity contribution in [1.82, 2.24) is 0 Å². The third kappa shape index (κ3) is 17.7. The highest BCUT2D eigenvalue weighted by molar-refractivity contribution is 8.12. The van der Waals surface area contributed by atoms with Crippen LogP contribution in [0.25, 0.3) is 0 Å². The number of thioether (sulfide) groups is 2. The van der Waals surface area contributed by atoms with Crippen molar-refractivity contribution in [3.63, 3.8) is 0 Å². The quantitative estimate of drug-likeness (QED) is 0.133. The van der Waals surface area contributed by atoms with Gasteiger partial charge >= 0.3 is 22.5 Å². The summed E-state index contributed by atoms with van der Waals surface area (Å²) < 4.78 is 20.0. The summed E-state index contributed by atoms with van der Waals surface area (Å²) in [5, 5.41) is -1.00. The Bertz CT molecular complexity index is 511. The van der Waals surface area contributed by atoms with Crippen molar-refractivity contribution >= 4 is 57.7 Å². The molecule has 174 valence electrons. The highest BCUT2D eigenvalue weighted by Crippen LogP contribution is 2.12. The molecule has 0 aliphatic carbocycles. The molecule has 0 rings (SSSR count). The van der Waals surface area contributed by atoms with E-state index in [-0.39, 0.29) is 25.6 Å². The fourth-order valence-corrected chi connectivity index (χ4v) is 2.76. The molecule has 0 spiro atoms. The first-order valence-corrected chi connectivity index (χ1v) is 12.6. The Morgan fingerprint density at radius 1 is 0.733 bits per heavy atom. The van der Waals surface area contributed by atoms with Crippen molar-refractivity contribution in [2.24, 2.45) is 0 Å². The monoisotopic (exact) mass is 486 g/mol. The number of esters is 2. The average Bonchev–Trinajstić information content (AvgIpc) is 2.70. The second-order valence-corrected chi connectivity index (χ2v) is 8.39. The molecule has 0 heterocycles. The van der Waals surface area contributed by atoms with Gasteiger partial charge in [0, 0.05) is 12.8 Å². The minimum atomic E-state index is -0.833. The molecule has 8 nitrogen and oxygen atoms in total. The maximum Gasteiger partial charge on any atom is 0.367 e. The number of hydrogen-bond acceptors (Lipinski definition) is 10. The van der Waals surface area contributed by atoms with Gasteiger partial charge in [0.1, 0.15) is 13.2 Å². The van der Waals surface area contributed by atoms with Crippen LogP contribution in [-0.4, -0.2) is 59.9 Å². The van der Waals surface area contributed by atoms with Gasteiger partial charge < -0.3 is 18.9 Å². The number of unbranched alkanes of at least 4 members (excludes halogenated alkanes) is 5. The zero-order valence-corrected chi connectivity index (χ0v) is 20.1. The van der Waals surface area contributed by atoms with E-state index in [1.807, 2.05) is 0 Å². The zero-order chi connectivity index (χ0) is 22.8. The summed E-state index contributed by atoms with van der Waals surface area (Å²) in [5.41, 5.74) is -0.605. The van der Waals surface area contributed by atoms with E-state index in [2.05, 4.69) is 0 Å². The van der Waals surface area contributed by atoms with Crippen LogP contribution in [0.15, 0.2) is 0 Å². The van der Waals surface area contributed by atoms with E-state index in [1.165, 1.54) is 0 Å². The number of hydrogen-bond donors (Lipinski definition) is 0. The molecule has 0 bridgehead atoms. The van der Waals surface area contributed by atoms with E-state index in [0.717, 1.165) is 55.6 Å². The summed E-state index contributed by atoms with van der Waals surface area (Å²) in [6, 6.07) is 0. The minimum absolute atomic E-state index is 0.169. The second kappa shape index (κ2) is 18.6. The summed E-state index contributed by atoms with van der Waals surface area (Å²) in [6.45, 7) is 1.26.